The molecule has 130 valence electrons. The molecule has 0 N–H and O–H groups in total. The normalized spacial score (nSPS) is 18.4. The predicted molar refractivity (Wildman–Crippen MR) is 91.2 cm³/mol. The lowest BCUT2D eigenvalue weighted by Crippen LogP contribution is -2.44. The molecule has 0 bridgehead atoms. The van der Waals surface area contributed by atoms with Crippen LogP contribution in [0, 0.1) is 5.92 Å². The molecule has 25 heavy (non-hydrogen) atoms. The lowest BCUT2D eigenvalue weighted by molar-refractivity contribution is -0.141. The molecule has 1 atom stereocenters. The Balaban J connectivity index is 1.46. The molecule has 2 aliphatic heterocycles. The highest BCUT2D eigenvalue weighted by Gasteiger charge is 2.34. The third kappa shape index (κ3) is 3.16. The molecule has 1 amide bonds. The SMILES string of the molecule is CC(C)Cc1ncc2c(n1)CN(C(=O)C1COc3ccccc3O1)C2. The summed E-state index contributed by atoms with van der Waals surface area (Å²) < 4.78 is 11.5. The number of carbonyl (C=O) groups is 1. The summed E-state index contributed by atoms with van der Waals surface area (Å²) in [5.74, 6) is 2.57. The Hall–Kier alpha value is -2.63. The highest BCUT2D eigenvalue weighted by atomic mass is 16.6. The Kier molecular flexibility index (Phi) is 4.03. The Labute approximate surface area is 146 Å². The van der Waals surface area contributed by atoms with Crippen molar-refractivity contribution in [2.24, 2.45) is 5.92 Å². The topological polar surface area (TPSA) is 64.6 Å². The van der Waals surface area contributed by atoms with Gasteiger partial charge in [0, 0.05) is 24.7 Å². The second kappa shape index (κ2) is 6.35. The second-order valence-electron chi connectivity index (χ2n) is 6.91. The molecule has 0 saturated heterocycles. The average Bonchev–Trinajstić information content (AvgIpc) is 3.03. The van der Waals surface area contributed by atoms with Crippen LogP contribution in [0.3, 0.4) is 0 Å². The van der Waals surface area contributed by atoms with E-state index in [9.17, 15) is 4.79 Å². The number of amides is 1. The molecule has 0 saturated carbocycles. The number of para-hydroxylation sites is 2. The fourth-order valence-electron chi connectivity index (χ4n) is 3.16. The van der Waals surface area contributed by atoms with E-state index in [1.165, 1.54) is 0 Å². The van der Waals surface area contributed by atoms with Crippen molar-refractivity contribution in [1.82, 2.24) is 14.9 Å². The van der Waals surface area contributed by atoms with Crippen LogP contribution >= 0.6 is 0 Å². The molecule has 1 unspecified atom stereocenters. The van der Waals surface area contributed by atoms with Gasteiger partial charge in [-0.3, -0.25) is 4.79 Å². The highest BCUT2D eigenvalue weighted by molar-refractivity contribution is 5.82. The molecule has 0 fully saturated rings. The quantitative estimate of drug-likeness (QED) is 0.859. The molecular formula is C19H21N3O3. The zero-order valence-corrected chi connectivity index (χ0v) is 14.4. The van der Waals surface area contributed by atoms with Crippen LogP contribution in [0.15, 0.2) is 30.5 Å². The first-order valence-electron chi connectivity index (χ1n) is 8.61. The van der Waals surface area contributed by atoms with Gasteiger partial charge >= 0.3 is 0 Å². The minimum absolute atomic E-state index is 0.0714. The summed E-state index contributed by atoms with van der Waals surface area (Å²) in [6.07, 6.45) is 2.07. The lowest BCUT2D eigenvalue weighted by Gasteiger charge is -2.28. The summed E-state index contributed by atoms with van der Waals surface area (Å²) in [4.78, 5) is 23.6. The molecular weight excluding hydrogens is 318 g/mol. The van der Waals surface area contributed by atoms with Gasteiger partial charge in [0.2, 0.25) is 6.10 Å². The molecule has 1 aromatic carbocycles. The number of benzene rings is 1. The molecule has 3 heterocycles. The third-order valence-corrected chi connectivity index (χ3v) is 4.39. The second-order valence-corrected chi connectivity index (χ2v) is 6.91. The Morgan fingerprint density at radius 2 is 2.08 bits per heavy atom. The van der Waals surface area contributed by atoms with Crippen LogP contribution in [-0.2, 0) is 24.3 Å². The van der Waals surface area contributed by atoms with Crippen LogP contribution in [-0.4, -0.2) is 33.5 Å². The monoisotopic (exact) mass is 339 g/mol. The standard InChI is InChI=1S/C19H21N3O3/c1-12(2)7-18-20-8-13-9-22(10-14(13)21-18)19(23)17-11-24-15-5-3-4-6-16(15)25-17/h3-6,8,12,17H,7,9-11H2,1-2H3. The number of ether oxygens (including phenoxy) is 2. The van der Waals surface area contributed by atoms with Crippen LogP contribution in [0.5, 0.6) is 11.5 Å². The fourth-order valence-corrected chi connectivity index (χ4v) is 3.16. The van der Waals surface area contributed by atoms with Crippen LogP contribution in [0.4, 0.5) is 0 Å². The van der Waals surface area contributed by atoms with E-state index in [-0.39, 0.29) is 12.5 Å². The van der Waals surface area contributed by atoms with Gasteiger partial charge in [-0.15, -0.1) is 0 Å². The number of nitrogens with zero attached hydrogens (tertiary/aromatic N) is 3. The van der Waals surface area contributed by atoms with Gasteiger partial charge in [0.05, 0.1) is 12.2 Å². The van der Waals surface area contributed by atoms with Gasteiger partial charge in [-0.2, -0.15) is 0 Å². The average molecular weight is 339 g/mol. The summed E-state index contributed by atoms with van der Waals surface area (Å²) in [5, 5.41) is 0. The number of hydrogen-bond acceptors (Lipinski definition) is 5. The van der Waals surface area contributed by atoms with Crippen molar-refractivity contribution in [3.8, 4) is 11.5 Å². The maximum Gasteiger partial charge on any atom is 0.267 e. The summed E-state index contributed by atoms with van der Waals surface area (Å²) >= 11 is 0. The third-order valence-electron chi connectivity index (χ3n) is 4.39. The van der Waals surface area contributed by atoms with Crippen LogP contribution in [0.2, 0.25) is 0 Å². The Morgan fingerprint density at radius 3 is 2.88 bits per heavy atom. The first kappa shape index (κ1) is 15.9. The Morgan fingerprint density at radius 1 is 1.28 bits per heavy atom. The van der Waals surface area contributed by atoms with Crippen molar-refractivity contribution in [3.63, 3.8) is 0 Å². The summed E-state index contributed by atoms with van der Waals surface area (Å²) in [6.45, 7) is 5.54. The number of hydrogen-bond donors (Lipinski definition) is 0. The van der Waals surface area contributed by atoms with E-state index < -0.39 is 6.10 Å². The molecule has 0 aliphatic carbocycles. The van der Waals surface area contributed by atoms with E-state index in [1.807, 2.05) is 30.5 Å². The molecule has 0 spiro atoms. The first-order valence-corrected chi connectivity index (χ1v) is 8.61. The summed E-state index contributed by atoms with van der Waals surface area (Å²) in [7, 11) is 0. The molecule has 2 aromatic rings. The van der Waals surface area contributed by atoms with Crippen molar-refractivity contribution < 1.29 is 14.3 Å². The van der Waals surface area contributed by atoms with Crippen LogP contribution in [0.25, 0.3) is 0 Å². The van der Waals surface area contributed by atoms with Crippen molar-refractivity contribution in [2.45, 2.75) is 39.5 Å². The maximum atomic E-state index is 12.8. The van der Waals surface area contributed by atoms with Crippen LogP contribution < -0.4 is 9.47 Å². The molecule has 4 rings (SSSR count). The van der Waals surface area contributed by atoms with Crippen molar-refractivity contribution >= 4 is 5.91 Å². The largest absolute Gasteiger partial charge is 0.485 e. The van der Waals surface area contributed by atoms with Gasteiger partial charge in [-0.25, -0.2) is 9.97 Å². The van der Waals surface area contributed by atoms with Crippen molar-refractivity contribution in [3.05, 3.63) is 47.5 Å². The summed E-state index contributed by atoms with van der Waals surface area (Å²) in [6, 6.07) is 7.41. The first-order chi connectivity index (χ1) is 12.1. The van der Waals surface area contributed by atoms with Gasteiger partial charge in [-0.05, 0) is 18.1 Å². The lowest BCUT2D eigenvalue weighted by atomic mass is 10.1. The van der Waals surface area contributed by atoms with Gasteiger partial charge < -0.3 is 14.4 Å². The van der Waals surface area contributed by atoms with Gasteiger partial charge in [0.1, 0.15) is 12.4 Å². The van der Waals surface area contributed by atoms with E-state index in [0.29, 0.717) is 30.5 Å². The van der Waals surface area contributed by atoms with Crippen molar-refractivity contribution in [2.75, 3.05) is 6.61 Å². The fraction of sp³-hybridized carbons (Fsp3) is 0.421. The zero-order valence-electron chi connectivity index (χ0n) is 14.4. The maximum absolute atomic E-state index is 12.8. The van der Waals surface area contributed by atoms with E-state index in [4.69, 9.17) is 9.47 Å². The number of carbonyl (C=O) groups excluding carboxylic acids is 1. The Bertz CT molecular complexity index is 806. The van der Waals surface area contributed by atoms with Crippen LogP contribution in [0.1, 0.15) is 30.9 Å². The number of fused-ring (bicyclic) bond motifs is 2. The van der Waals surface area contributed by atoms with E-state index >= 15 is 0 Å². The van der Waals surface area contributed by atoms with Gasteiger partial charge in [-0.1, -0.05) is 26.0 Å². The molecule has 0 radical (unpaired) electrons. The number of rotatable bonds is 3. The van der Waals surface area contributed by atoms with Gasteiger partial charge in [0.15, 0.2) is 11.5 Å². The molecule has 2 aliphatic rings. The van der Waals surface area contributed by atoms with E-state index in [0.717, 1.165) is 23.5 Å². The number of aromatic nitrogens is 2. The predicted octanol–water partition coefficient (Wildman–Crippen LogP) is 2.36. The zero-order chi connectivity index (χ0) is 17.4. The van der Waals surface area contributed by atoms with E-state index in [2.05, 4.69) is 23.8 Å². The molecule has 1 aromatic heterocycles. The summed E-state index contributed by atoms with van der Waals surface area (Å²) in [5.41, 5.74) is 1.95. The van der Waals surface area contributed by atoms with Crippen molar-refractivity contribution in [1.29, 1.82) is 0 Å². The molecule has 6 nitrogen and oxygen atoms in total. The smallest absolute Gasteiger partial charge is 0.267 e. The minimum Gasteiger partial charge on any atom is -0.485 e. The highest BCUT2D eigenvalue weighted by Crippen LogP contribution is 2.32. The minimum atomic E-state index is -0.618. The van der Waals surface area contributed by atoms with Gasteiger partial charge in [0.25, 0.3) is 5.91 Å². The van der Waals surface area contributed by atoms with E-state index in [1.54, 1.807) is 4.90 Å². The molecule has 6 heteroatoms.